The number of aliphatic carboxylic acids is 1. The van der Waals surface area contributed by atoms with Crippen LogP contribution in [0.25, 0.3) is 0 Å². The summed E-state index contributed by atoms with van der Waals surface area (Å²) in [4.78, 5) is 23.4. The fraction of sp³-hybridized carbons (Fsp3) is 0.500. The number of rotatable bonds is 4. The number of nitrogens with one attached hydrogen (secondary N) is 1. The fourth-order valence-corrected chi connectivity index (χ4v) is 2.69. The molecule has 1 aromatic rings. The van der Waals surface area contributed by atoms with Gasteiger partial charge in [0.2, 0.25) is 5.91 Å². The molecule has 1 saturated carbocycles. The largest absolute Gasteiger partial charge is 0.481 e. The predicted octanol–water partition coefficient (Wildman–Crippen LogP) is 2.33. The Balaban J connectivity index is 2.00. The molecular weight excluding hydrogens is 254 g/mol. The zero-order valence-electron chi connectivity index (χ0n) is 11.9. The second-order valence-corrected chi connectivity index (χ2v) is 6.01. The van der Waals surface area contributed by atoms with Gasteiger partial charge in [0.1, 0.15) is 0 Å². The van der Waals surface area contributed by atoms with Gasteiger partial charge in [-0.1, -0.05) is 30.3 Å². The summed E-state index contributed by atoms with van der Waals surface area (Å²) in [5.41, 5.74) is 0.355. The lowest BCUT2D eigenvalue weighted by molar-refractivity contribution is -0.141. The molecule has 4 heteroatoms. The molecule has 0 radical (unpaired) electrons. The molecule has 108 valence electrons. The van der Waals surface area contributed by atoms with Gasteiger partial charge in [-0.3, -0.25) is 9.59 Å². The first kappa shape index (κ1) is 14.6. The molecule has 2 rings (SSSR count). The topological polar surface area (TPSA) is 66.4 Å². The number of carboxylic acids is 1. The van der Waals surface area contributed by atoms with E-state index < -0.39 is 11.4 Å². The molecule has 0 unspecified atom stereocenters. The normalized spacial score (nSPS) is 22.5. The van der Waals surface area contributed by atoms with Gasteiger partial charge in [0.15, 0.2) is 0 Å². The van der Waals surface area contributed by atoms with Crippen LogP contribution in [0, 0.1) is 5.92 Å². The number of hydrogen-bond donors (Lipinski definition) is 2. The monoisotopic (exact) mass is 275 g/mol. The van der Waals surface area contributed by atoms with Crippen LogP contribution in [0.5, 0.6) is 0 Å². The van der Waals surface area contributed by atoms with Crippen molar-refractivity contribution in [2.24, 2.45) is 5.92 Å². The van der Waals surface area contributed by atoms with E-state index in [-0.39, 0.29) is 17.9 Å². The summed E-state index contributed by atoms with van der Waals surface area (Å²) in [5.74, 6) is -1.12. The highest BCUT2D eigenvalue weighted by atomic mass is 16.4. The average Bonchev–Trinajstić information content (AvgIpc) is 2.88. The van der Waals surface area contributed by atoms with Crippen molar-refractivity contribution in [3.8, 4) is 0 Å². The van der Waals surface area contributed by atoms with Gasteiger partial charge in [0.05, 0.1) is 11.3 Å². The van der Waals surface area contributed by atoms with Gasteiger partial charge in [0.25, 0.3) is 0 Å². The third-order valence-corrected chi connectivity index (χ3v) is 4.18. The first-order valence-electron chi connectivity index (χ1n) is 7.00. The van der Waals surface area contributed by atoms with E-state index in [0.29, 0.717) is 12.8 Å². The lowest BCUT2D eigenvalue weighted by Gasteiger charge is -2.26. The summed E-state index contributed by atoms with van der Waals surface area (Å²) in [6, 6.07) is 9.61. The second-order valence-electron chi connectivity index (χ2n) is 6.01. The van der Waals surface area contributed by atoms with Gasteiger partial charge in [-0.15, -0.1) is 0 Å². The predicted molar refractivity (Wildman–Crippen MR) is 76.4 cm³/mol. The van der Waals surface area contributed by atoms with E-state index in [0.717, 1.165) is 12.0 Å². The molecule has 1 fully saturated rings. The van der Waals surface area contributed by atoms with Crippen LogP contribution in [0.1, 0.15) is 38.7 Å². The Morgan fingerprint density at radius 3 is 2.40 bits per heavy atom. The molecule has 0 saturated heterocycles. The maximum atomic E-state index is 12.4. The van der Waals surface area contributed by atoms with Crippen LogP contribution in [0.2, 0.25) is 0 Å². The number of carbonyl (C=O) groups is 2. The van der Waals surface area contributed by atoms with Crippen molar-refractivity contribution in [3.05, 3.63) is 35.9 Å². The summed E-state index contributed by atoms with van der Waals surface area (Å²) in [7, 11) is 0. The van der Waals surface area contributed by atoms with Gasteiger partial charge >= 0.3 is 5.97 Å². The van der Waals surface area contributed by atoms with E-state index in [9.17, 15) is 9.59 Å². The van der Waals surface area contributed by atoms with Crippen molar-refractivity contribution < 1.29 is 14.7 Å². The Hall–Kier alpha value is -1.84. The Labute approximate surface area is 119 Å². The van der Waals surface area contributed by atoms with Crippen LogP contribution >= 0.6 is 0 Å². The highest BCUT2D eigenvalue weighted by Gasteiger charge is 2.35. The van der Waals surface area contributed by atoms with Crippen LogP contribution in [-0.4, -0.2) is 23.0 Å². The molecule has 1 aromatic carbocycles. The van der Waals surface area contributed by atoms with Crippen molar-refractivity contribution in [1.29, 1.82) is 0 Å². The summed E-state index contributed by atoms with van der Waals surface area (Å²) < 4.78 is 0. The third-order valence-electron chi connectivity index (χ3n) is 4.18. The van der Waals surface area contributed by atoms with Crippen LogP contribution in [0.4, 0.5) is 0 Å². The maximum absolute atomic E-state index is 12.4. The molecule has 0 spiro atoms. The molecule has 2 atom stereocenters. The quantitative estimate of drug-likeness (QED) is 0.886. The number of benzene rings is 1. The second kappa shape index (κ2) is 5.65. The fourth-order valence-electron chi connectivity index (χ4n) is 2.69. The van der Waals surface area contributed by atoms with Crippen molar-refractivity contribution in [2.75, 3.05) is 0 Å². The molecule has 1 aliphatic carbocycles. The number of amides is 1. The van der Waals surface area contributed by atoms with E-state index in [1.54, 1.807) is 0 Å². The SMILES string of the molecule is CC(C)(C(=O)N[C@H]1CC[C@@H](C(=O)O)C1)c1ccccc1. The highest BCUT2D eigenvalue weighted by molar-refractivity contribution is 5.87. The zero-order chi connectivity index (χ0) is 14.8. The molecule has 0 heterocycles. The molecule has 0 aliphatic heterocycles. The molecule has 0 aromatic heterocycles. The lowest BCUT2D eigenvalue weighted by atomic mass is 9.83. The molecule has 1 amide bonds. The number of hydrogen-bond acceptors (Lipinski definition) is 2. The number of carboxylic acid groups (broad SMARTS) is 1. The van der Waals surface area contributed by atoms with Crippen molar-refractivity contribution in [2.45, 2.75) is 44.6 Å². The van der Waals surface area contributed by atoms with Crippen molar-refractivity contribution >= 4 is 11.9 Å². The first-order valence-corrected chi connectivity index (χ1v) is 7.00. The van der Waals surface area contributed by atoms with Crippen molar-refractivity contribution in [3.63, 3.8) is 0 Å². The smallest absolute Gasteiger partial charge is 0.306 e. The average molecular weight is 275 g/mol. The summed E-state index contributed by atoms with van der Waals surface area (Å²) in [6.45, 7) is 3.78. The van der Waals surface area contributed by atoms with Gasteiger partial charge in [-0.2, -0.15) is 0 Å². The lowest BCUT2D eigenvalue weighted by Crippen LogP contribution is -2.44. The third kappa shape index (κ3) is 3.00. The molecule has 20 heavy (non-hydrogen) atoms. The molecule has 0 bridgehead atoms. The van der Waals surface area contributed by atoms with Gasteiger partial charge in [0, 0.05) is 6.04 Å². The Kier molecular flexibility index (Phi) is 4.12. The zero-order valence-corrected chi connectivity index (χ0v) is 11.9. The van der Waals surface area contributed by atoms with E-state index in [1.165, 1.54) is 0 Å². The highest BCUT2D eigenvalue weighted by Crippen LogP contribution is 2.28. The minimum atomic E-state index is -0.760. The van der Waals surface area contributed by atoms with Crippen LogP contribution in [-0.2, 0) is 15.0 Å². The maximum Gasteiger partial charge on any atom is 0.306 e. The van der Waals surface area contributed by atoms with Gasteiger partial charge < -0.3 is 10.4 Å². The summed E-state index contributed by atoms with van der Waals surface area (Å²) >= 11 is 0. The minimum Gasteiger partial charge on any atom is -0.481 e. The number of carbonyl (C=O) groups excluding carboxylic acids is 1. The van der Waals surface area contributed by atoms with Crippen molar-refractivity contribution in [1.82, 2.24) is 5.32 Å². The van der Waals surface area contributed by atoms with Crippen LogP contribution < -0.4 is 5.32 Å². The van der Waals surface area contributed by atoms with E-state index in [2.05, 4.69) is 5.32 Å². The Morgan fingerprint density at radius 1 is 1.20 bits per heavy atom. The Bertz CT molecular complexity index is 496. The van der Waals surface area contributed by atoms with Crippen LogP contribution in [0.15, 0.2) is 30.3 Å². The standard InChI is InChI=1S/C16H21NO3/c1-16(2,12-6-4-3-5-7-12)15(20)17-13-9-8-11(10-13)14(18)19/h3-7,11,13H,8-10H2,1-2H3,(H,17,20)(H,18,19)/t11-,13+/m1/s1. The van der Waals surface area contributed by atoms with E-state index >= 15 is 0 Å². The molecule has 2 N–H and O–H groups in total. The summed E-state index contributed by atoms with van der Waals surface area (Å²) in [6.07, 6.45) is 1.92. The Morgan fingerprint density at radius 2 is 1.85 bits per heavy atom. The molecule has 4 nitrogen and oxygen atoms in total. The van der Waals surface area contributed by atoms with Crippen LogP contribution in [0.3, 0.4) is 0 Å². The molecular formula is C16H21NO3. The van der Waals surface area contributed by atoms with E-state index in [1.807, 2.05) is 44.2 Å². The van der Waals surface area contributed by atoms with Gasteiger partial charge in [-0.25, -0.2) is 0 Å². The van der Waals surface area contributed by atoms with Gasteiger partial charge in [-0.05, 0) is 38.7 Å². The van der Waals surface area contributed by atoms with E-state index in [4.69, 9.17) is 5.11 Å². The first-order chi connectivity index (χ1) is 9.41. The minimum absolute atomic E-state index is 0.0217. The summed E-state index contributed by atoms with van der Waals surface area (Å²) in [5, 5.41) is 12.0. The molecule has 1 aliphatic rings.